The lowest BCUT2D eigenvalue weighted by molar-refractivity contribution is 0.0993. The van der Waals surface area contributed by atoms with E-state index in [9.17, 15) is 4.79 Å². The SMILES string of the molecule is Cc1ccccc1N(C)C(=O)c1cccc(CCl)c1. The van der Waals surface area contributed by atoms with E-state index in [4.69, 9.17) is 11.6 Å². The van der Waals surface area contributed by atoms with Crippen LogP contribution in [-0.4, -0.2) is 13.0 Å². The molecule has 0 unspecified atom stereocenters. The molecule has 0 radical (unpaired) electrons. The van der Waals surface area contributed by atoms with Gasteiger partial charge in [-0.1, -0.05) is 30.3 Å². The van der Waals surface area contributed by atoms with Crippen molar-refractivity contribution in [3.63, 3.8) is 0 Å². The Labute approximate surface area is 118 Å². The van der Waals surface area contributed by atoms with E-state index in [-0.39, 0.29) is 5.91 Å². The molecule has 0 saturated carbocycles. The molecule has 0 aromatic heterocycles. The molecule has 0 fully saturated rings. The number of hydrogen-bond acceptors (Lipinski definition) is 1. The Morgan fingerprint density at radius 2 is 1.89 bits per heavy atom. The zero-order valence-corrected chi connectivity index (χ0v) is 11.8. The molecule has 2 aromatic rings. The van der Waals surface area contributed by atoms with Gasteiger partial charge in [0.15, 0.2) is 0 Å². The van der Waals surface area contributed by atoms with Crippen LogP contribution < -0.4 is 4.90 Å². The fourth-order valence-electron chi connectivity index (χ4n) is 2.03. The summed E-state index contributed by atoms with van der Waals surface area (Å²) in [6, 6.07) is 15.3. The fraction of sp³-hybridized carbons (Fsp3) is 0.188. The van der Waals surface area contributed by atoms with Crippen LogP contribution in [0.1, 0.15) is 21.5 Å². The van der Waals surface area contributed by atoms with Crippen LogP contribution in [0.5, 0.6) is 0 Å². The van der Waals surface area contributed by atoms with E-state index in [0.717, 1.165) is 16.8 Å². The number of aryl methyl sites for hydroxylation is 1. The van der Waals surface area contributed by atoms with Crippen molar-refractivity contribution >= 4 is 23.2 Å². The smallest absolute Gasteiger partial charge is 0.258 e. The van der Waals surface area contributed by atoms with Gasteiger partial charge < -0.3 is 4.90 Å². The molecule has 2 nitrogen and oxygen atoms in total. The Kier molecular flexibility index (Phi) is 4.23. The first-order valence-electron chi connectivity index (χ1n) is 6.12. The molecular weight excluding hydrogens is 258 g/mol. The monoisotopic (exact) mass is 273 g/mol. The molecule has 0 saturated heterocycles. The maximum absolute atomic E-state index is 12.4. The fourth-order valence-corrected chi connectivity index (χ4v) is 2.20. The second-order valence-electron chi connectivity index (χ2n) is 4.48. The van der Waals surface area contributed by atoms with Crippen LogP contribution in [0.2, 0.25) is 0 Å². The highest BCUT2D eigenvalue weighted by molar-refractivity contribution is 6.17. The number of carbonyl (C=O) groups is 1. The van der Waals surface area contributed by atoms with Crippen molar-refractivity contribution in [3.8, 4) is 0 Å². The predicted molar refractivity (Wildman–Crippen MR) is 79.9 cm³/mol. The topological polar surface area (TPSA) is 20.3 Å². The van der Waals surface area contributed by atoms with E-state index in [0.29, 0.717) is 11.4 Å². The molecule has 3 heteroatoms. The molecule has 1 amide bonds. The van der Waals surface area contributed by atoms with Crippen LogP contribution in [-0.2, 0) is 5.88 Å². The number of rotatable bonds is 3. The van der Waals surface area contributed by atoms with Gasteiger partial charge in [-0.2, -0.15) is 0 Å². The zero-order chi connectivity index (χ0) is 13.8. The van der Waals surface area contributed by atoms with Crippen molar-refractivity contribution < 1.29 is 4.79 Å². The average Bonchev–Trinajstić information content (AvgIpc) is 2.46. The Morgan fingerprint density at radius 1 is 1.16 bits per heavy atom. The first-order chi connectivity index (χ1) is 9.13. The highest BCUT2D eigenvalue weighted by Crippen LogP contribution is 2.20. The Morgan fingerprint density at radius 3 is 2.58 bits per heavy atom. The summed E-state index contributed by atoms with van der Waals surface area (Å²) in [4.78, 5) is 14.1. The van der Waals surface area contributed by atoms with E-state index >= 15 is 0 Å². The second kappa shape index (κ2) is 5.89. The third-order valence-electron chi connectivity index (χ3n) is 3.11. The summed E-state index contributed by atoms with van der Waals surface area (Å²) in [5.41, 5.74) is 3.60. The number of nitrogens with zero attached hydrogens (tertiary/aromatic N) is 1. The number of hydrogen-bond donors (Lipinski definition) is 0. The normalized spacial score (nSPS) is 10.3. The summed E-state index contributed by atoms with van der Waals surface area (Å²) in [5, 5.41) is 0. The molecule has 0 aliphatic rings. The van der Waals surface area contributed by atoms with E-state index < -0.39 is 0 Å². The standard InChI is InChI=1S/C16H16ClNO/c1-12-6-3-4-9-15(12)18(2)16(19)14-8-5-7-13(10-14)11-17/h3-10H,11H2,1-2H3. The molecular formula is C16H16ClNO. The Hall–Kier alpha value is -1.80. The summed E-state index contributed by atoms with van der Waals surface area (Å²) < 4.78 is 0. The summed E-state index contributed by atoms with van der Waals surface area (Å²) in [7, 11) is 1.79. The summed E-state index contributed by atoms with van der Waals surface area (Å²) in [6.07, 6.45) is 0. The molecule has 0 bridgehead atoms. The van der Waals surface area contributed by atoms with Crippen molar-refractivity contribution in [2.24, 2.45) is 0 Å². The molecule has 19 heavy (non-hydrogen) atoms. The summed E-state index contributed by atoms with van der Waals surface area (Å²) in [5.74, 6) is 0.385. The van der Waals surface area contributed by atoms with Gasteiger partial charge in [0.05, 0.1) is 0 Å². The molecule has 0 spiro atoms. The molecule has 2 rings (SSSR count). The van der Waals surface area contributed by atoms with Gasteiger partial charge in [-0.15, -0.1) is 11.6 Å². The predicted octanol–water partition coefficient (Wildman–Crippen LogP) is 4.01. The largest absolute Gasteiger partial charge is 0.311 e. The van der Waals surface area contributed by atoms with Crippen molar-refractivity contribution in [2.75, 3.05) is 11.9 Å². The maximum atomic E-state index is 12.4. The molecule has 0 aliphatic carbocycles. The van der Waals surface area contributed by atoms with Crippen LogP contribution >= 0.6 is 11.6 Å². The third-order valence-corrected chi connectivity index (χ3v) is 3.42. The lowest BCUT2D eigenvalue weighted by Crippen LogP contribution is -2.26. The van der Waals surface area contributed by atoms with Crippen LogP contribution in [0.15, 0.2) is 48.5 Å². The van der Waals surface area contributed by atoms with Crippen molar-refractivity contribution in [3.05, 3.63) is 65.2 Å². The third kappa shape index (κ3) is 2.96. The Balaban J connectivity index is 2.31. The van der Waals surface area contributed by atoms with Gasteiger partial charge in [-0.25, -0.2) is 0 Å². The van der Waals surface area contributed by atoms with Gasteiger partial charge in [0.1, 0.15) is 0 Å². The summed E-state index contributed by atoms with van der Waals surface area (Å²) in [6.45, 7) is 1.99. The number of para-hydroxylation sites is 1. The minimum atomic E-state index is -0.0266. The highest BCUT2D eigenvalue weighted by atomic mass is 35.5. The van der Waals surface area contributed by atoms with E-state index in [1.54, 1.807) is 11.9 Å². The maximum Gasteiger partial charge on any atom is 0.258 e. The van der Waals surface area contributed by atoms with Gasteiger partial charge in [0.25, 0.3) is 5.91 Å². The van der Waals surface area contributed by atoms with Crippen molar-refractivity contribution in [1.82, 2.24) is 0 Å². The van der Waals surface area contributed by atoms with Crippen LogP contribution in [0.4, 0.5) is 5.69 Å². The molecule has 0 atom stereocenters. The van der Waals surface area contributed by atoms with Crippen molar-refractivity contribution in [2.45, 2.75) is 12.8 Å². The van der Waals surface area contributed by atoms with Gasteiger partial charge in [-0.3, -0.25) is 4.79 Å². The molecule has 2 aromatic carbocycles. The quantitative estimate of drug-likeness (QED) is 0.774. The number of halogens is 1. The number of benzene rings is 2. The lowest BCUT2D eigenvalue weighted by atomic mass is 10.1. The van der Waals surface area contributed by atoms with Crippen LogP contribution in [0, 0.1) is 6.92 Å². The highest BCUT2D eigenvalue weighted by Gasteiger charge is 2.14. The number of anilines is 1. The average molecular weight is 274 g/mol. The molecule has 98 valence electrons. The van der Waals surface area contributed by atoms with Crippen LogP contribution in [0.25, 0.3) is 0 Å². The minimum Gasteiger partial charge on any atom is -0.311 e. The lowest BCUT2D eigenvalue weighted by Gasteiger charge is -2.19. The van der Waals surface area contributed by atoms with E-state index in [1.165, 1.54) is 0 Å². The first kappa shape index (κ1) is 13.6. The number of amides is 1. The molecule has 0 N–H and O–H groups in total. The van der Waals surface area contributed by atoms with Crippen molar-refractivity contribution in [1.29, 1.82) is 0 Å². The minimum absolute atomic E-state index is 0.0266. The van der Waals surface area contributed by atoms with E-state index in [1.807, 2.05) is 55.5 Å². The second-order valence-corrected chi connectivity index (χ2v) is 4.75. The number of carbonyl (C=O) groups excluding carboxylic acids is 1. The number of alkyl halides is 1. The Bertz CT molecular complexity index is 595. The van der Waals surface area contributed by atoms with Gasteiger partial charge in [0, 0.05) is 24.2 Å². The van der Waals surface area contributed by atoms with Crippen LogP contribution in [0.3, 0.4) is 0 Å². The zero-order valence-electron chi connectivity index (χ0n) is 11.1. The molecule has 0 heterocycles. The van der Waals surface area contributed by atoms with Gasteiger partial charge in [-0.05, 0) is 36.2 Å². The molecule has 0 aliphatic heterocycles. The summed E-state index contributed by atoms with van der Waals surface area (Å²) >= 11 is 5.80. The van der Waals surface area contributed by atoms with E-state index in [2.05, 4.69) is 0 Å². The van der Waals surface area contributed by atoms with Gasteiger partial charge >= 0.3 is 0 Å². The van der Waals surface area contributed by atoms with Gasteiger partial charge in [0.2, 0.25) is 0 Å². The first-order valence-corrected chi connectivity index (χ1v) is 6.65.